The number of carbonyl (C=O) groups excluding carboxylic acids is 1. The molecule has 8 heteroatoms. The topological polar surface area (TPSA) is 77.1 Å². The first-order valence-electron chi connectivity index (χ1n) is 12.0. The molecule has 1 saturated heterocycles. The fraction of sp³-hybridized carbons (Fsp3) is 0.333. The zero-order valence-electron chi connectivity index (χ0n) is 20.1. The van der Waals surface area contributed by atoms with Crippen LogP contribution >= 0.6 is 11.8 Å². The second kappa shape index (κ2) is 10.5. The van der Waals surface area contributed by atoms with Gasteiger partial charge in [-0.1, -0.05) is 59.8 Å². The van der Waals surface area contributed by atoms with E-state index in [0.717, 1.165) is 49.0 Å². The Kier molecular flexibility index (Phi) is 6.99. The quantitative estimate of drug-likeness (QED) is 0.331. The Balaban J connectivity index is 1.17. The van der Waals surface area contributed by atoms with Crippen LogP contribution in [-0.2, 0) is 12.2 Å². The molecule has 4 aromatic rings. The van der Waals surface area contributed by atoms with Crippen molar-refractivity contribution in [2.24, 2.45) is 5.92 Å². The van der Waals surface area contributed by atoms with Gasteiger partial charge in [-0.2, -0.15) is 0 Å². The number of aromatic nitrogens is 4. The molecule has 0 unspecified atom stereocenters. The summed E-state index contributed by atoms with van der Waals surface area (Å²) < 4.78 is 7.64. The smallest absolute Gasteiger partial charge is 0.275 e. The highest BCUT2D eigenvalue weighted by atomic mass is 32.2. The minimum absolute atomic E-state index is 0.0539. The van der Waals surface area contributed by atoms with Crippen LogP contribution in [-0.4, -0.2) is 43.6 Å². The summed E-state index contributed by atoms with van der Waals surface area (Å²) in [4.78, 5) is 19.4. The normalized spacial score (nSPS) is 14.4. The van der Waals surface area contributed by atoms with Crippen LogP contribution in [0.5, 0.6) is 0 Å². The SMILES string of the molecule is Cc1ccc(-n2c(C)nnc2SCc2nc(C(=O)N3CCC(Cc4ccccc4)CC3)co2)cc1. The van der Waals surface area contributed by atoms with Gasteiger partial charge in [-0.25, -0.2) is 4.98 Å². The molecule has 35 heavy (non-hydrogen) atoms. The molecule has 0 aliphatic carbocycles. The van der Waals surface area contributed by atoms with Gasteiger partial charge in [0.15, 0.2) is 10.9 Å². The van der Waals surface area contributed by atoms with Crippen LogP contribution < -0.4 is 0 Å². The Hall–Kier alpha value is -3.39. The van der Waals surface area contributed by atoms with E-state index in [2.05, 4.69) is 70.6 Å². The van der Waals surface area contributed by atoms with Crippen LogP contribution in [0.4, 0.5) is 0 Å². The van der Waals surface area contributed by atoms with E-state index in [0.29, 0.717) is 23.3 Å². The van der Waals surface area contributed by atoms with E-state index in [1.807, 2.05) is 22.5 Å². The lowest BCUT2D eigenvalue weighted by atomic mass is 9.90. The number of amides is 1. The van der Waals surface area contributed by atoms with Gasteiger partial charge in [-0.05, 0) is 56.7 Å². The van der Waals surface area contributed by atoms with Crippen LogP contribution in [0.1, 0.15) is 46.2 Å². The average molecular weight is 488 g/mol. The second-order valence-electron chi connectivity index (χ2n) is 9.04. The number of benzene rings is 2. The molecule has 1 aliphatic heterocycles. The van der Waals surface area contributed by atoms with Crippen molar-refractivity contribution in [3.8, 4) is 5.69 Å². The average Bonchev–Trinajstić information content (AvgIpc) is 3.50. The molecule has 0 N–H and O–H groups in total. The molecule has 0 spiro atoms. The standard InChI is InChI=1S/C27H29N5O2S/c1-19-8-10-23(11-9-19)32-20(2)29-30-27(32)35-18-25-28-24(17-34-25)26(33)31-14-12-22(13-15-31)16-21-6-4-3-5-7-21/h3-11,17,22H,12-16,18H2,1-2H3. The Morgan fingerprint density at radius 3 is 2.51 bits per heavy atom. The van der Waals surface area contributed by atoms with E-state index in [1.54, 1.807) is 0 Å². The lowest BCUT2D eigenvalue weighted by molar-refractivity contribution is 0.0684. The minimum Gasteiger partial charge on any atom is -0.447 e. The van der Waals surface area contributed by atoms with Gasteiger partial charge in [0, 0.05) is 18.8 Å². The Bertz CT molecular complexity index is 1270. The monoisotopic (exact) mass is 487 g/mol. The van der Waals surface area contributed by atoms with E-state index in [4.69, 9.17) is 4.42 Å². The molecule has 1 aliphatic rings. The molecule has 180 valence electrons. The number of oxazole rings is 1. The van der Waals surface area contributed by atoms with Crippen molar-refractivity contribution in [2.45, 2.75) is 44.0 Å². The van der Waals surface area contributed by atoms with Gasteiger partial charge in [-0.3, -0.25) is 9.36 Å². The molecule has 0 radical (unpaired) electrons. The first kappa shape index (κ1) is 23.4. The van der Waals surface area contributed by atoms with Crippen LogP contribution in [0.25, 0.3) is 5.69 Å². The summed E-state index contributed by atoms with van der Waals surface area (Å²) in [6, 6.07) is 18.8. The highest BCUT2D eigenvalue weighted by Crippen LogP contribution is 2.26. The number of hydrogen-bond acceptors (Lipinski definition) is 6. The van der Waals surface area contributed by atoms with Crippen LogP contribution in [0, 0.1) is 19.8 Å². The van der Waals surface area contributed by atoms with Crippen molar-refractivity contribution in [3.63, 3.8) is 0 Å². The number of carbonyl (C=O) groups is 1. The highest BCUT2D eigenvalue weighted by molar-refractivity contribution is 7.98. The molecule has 2 aromatic carbocycles. The van der Waals surface area contributed by atoms with Gasteiger partial charge in [0.1, 0.15) is 12.1 Å². The van der Waals surface area contributed by atoms with Crippen LogP contribution in [0.2, 0.25) is 0 Å². The van der Waals surface area contributed by atoms with Gasteiger partial charge >= 0.3 is 0 Å². The van der Waals surface area contributed by atoms with Gasteiger partial charge in [0.2, 0.25) is 5.89 Å². The number of rotatable bonds is 7. The molecule has 2 aromatic heterocycles. The maximum Gasteiger partial charge on any atom is 0.275 e. The summed E-state index contributed by atoms with van der Waals surface area (Å²) in [6.45, 7) is 5.51. The van der Waals surface area contributed by atoms with Crippen molar-refractivity contribution in [2.75, 3.05) is 13.1 Å². The minimum atomic E-state index is -0.0539. The first-order valence-corrected chi connectivity index (χ1v) is 12.9. The van der Waals surface area contributed by atoms with Crippen molar-refractivity contribution in [3.05, 3.63) is 89.4 Å². The lowest BCUT2D eigenvalue weighted by Crippen LogP contribution is -2.39. The van der Waals surface area contributed by atoms with Gasteiger partial charge in [0.25, 0.3) is 5.91 Å². The van der Waals surface area contributed by atoms with Crippen molar-refractivity contribution in [1.29, 1.82) is 0 Å². The fourth-order valence-corrected chi connectivity index (χ4v) is 5.33. The number of thioether (sulfide) groups is 1. The maximum atomic E-state index is 13.0. The molecule has 1 amide bonds. The summed E-state index contributed by atoms with van der Waals surface area (Å²) in [5, 5.41) is 9.31. The van der Waals surface area contributed by atoms with Crippen molar-refractivity contribution < 1.29 is 9.21 Å². The third-order valence-corrected chi connectivity index (χ3v) is 7.37. The molecule has 7 nitrogen and oxygen atoms in total. The zero-order valence-corrected chi connectivity index (χ0v) is 20.9. The third-order valence-electron chi connectivity index (χ3n) is 6.45. The molecule has 0 bridgehead atoms. The van der Waals surface area contributed by atoms with E-state index >= 15 is 0 Å². The number of hydrogen-bond donors (Lipinski definition) is 0. The lowest BCUT2D eigenvalue weighted by Gasteiger charge is -2.31. The summed E-state index contributed by atoms with van der Waals surface area (Å²) >= 11 is 1.49. The number of piperidine rings is 1. The molecule has 0 atom stereocenters. The van der Waals surface area contributed by atoms with Crippen molar-refractivity contribution >= 4 is 17.7 Å². The van der Waals surface area contributed by atoms with Gasteiger partial charge in [-0.15, -0.1) is 10.2 Å². The van der Waals surface area contributed by atoms with E-state index in [-0.39, 0.29) is 5.91 Å². The Labute approximate surface area is 209 Å². The van der Waals surface area contributed by atoms with Crippen LogP contribution in [0.3, 0.4) is 0 Å². The molecular formula is C27H29N5O2S. The summed E-state index contributed by atoms with van der Waals surface area (Å²) in [5.41, 5.74) is 3.95. The predicted octanol–water partition coefficient (Wildman–Crippen LogP) is 5.26. The second-order valence-corrected chi connectivity index (χ2v) is 9.98. The molecule has 0 saturated carbocycles. The number of nitrogens with zero attached hydrogens (tertiary/aromatic N) is 5. The summed E-state index contributed by atoms with van der Waals surface area (Å²) in [5.74, 6) is 2.35. The molecule has 3 heterocycles. The number of aryl methyl sites for hydroxylation is 2. The summed E-state index contributed by atoms with van der Waals surface area (Å²) in [6.07, 6.45) is 4.57. The van der Waals surface area contributed by atoms with E-state index < -0.39 is 0 Å². The van der Waals surface area contributed by atoms with E-state index in [9.17, 15) is 4.79 Å². The van der Waals surface area contributed by atoms with Gasteiger partial charge < -0.3 is 9.32 Å². The fourth-order valence-electron chi connectivity index (χ4n) is 4.48. The predicted molar refractivity (Wildman–Crippen MR) is 136 cm³/mol. The van der Waals surface area contributed by atoms with Crippen LogP contribution in [0.15, 0.2) is 70.4 Å². The van der Waals surface area contributed by atoms with E-state index in [1.165, 1.54) is 29.2 Å². The van der Waals surface area contributed by atoms with Crippen molar-refractivity contribution in [1.82, 2.24) is 24.6 Å². The largest absolute Gasteiger partial charge is 0.447 e. The Morgan fingerprint density at radius 1 is 1.03 bits per heavy atom. The number of likely N-dealkylation sites (tertiary alicyclic amines) is 1. The third kappa shape index (κ3) is 5.48. The Morgan fingerprint density at radius 2 is 1.77 bits per heavy atom. The molecular weight excluding hydrogens is 458 g/mol. The zero-order chi connectivity index (χ0) is 24.2. The first-order chi connectivity index (χ1) is 17.1. The molecule has 1 fully saturated rings. The van der Waals surface area contributed by atoms with Gasteiger partial charge in [0.05, 0.1) is 5.75 Å². The molecule has 5 rings (SSSR count). The summed E-state index contributed by atoms with van der Waals surface area (Å²) in [7, 11) is 0. The highest BCUT2D eigenvalue weighted by Gasteiger charge is 2.26. The maximum absolute atomic E-state index is 13.0.